The molecule has 1 nitrogen and oxygen atoms in total. The van der Waals surface area contributed by atoms with Crippen molar-refractivity contribution in [3.8, 4) is 11.1 Å². The van der Waals surface area contributed by atoms with Crippen molar-refractivity contribution < 1.29 is 0 Å². The van der Waals surface area contributed by atoms with Crippen LogP contribution in [-0.2, 0) is 12.8 Å². The molecule has 1 heteroatoms. The maximum Gasteiger partial charge on any atom is 0.00157 e. The maximum atomic E-state index is 2.43. The van der Waals surface area contributed by atoms with Gasteiger partial charge in [-0.1, -0.05) is 108 Å². The molecule has 0 saturated heterocycles. The zero-order chi connectivity index (χ0) is 24.2. The summed E-state index contributed by atoms with van der Waals surface area (Å²) in [5, 5.41) is 0. The second kappa shape index (κ2) is 14.7. The van der Waals surface area contributed by atoms with Gasteiger partial charge in [0, 0.05) is 6.54 Å². The summed E-state index contributed by atoms with van der Waals surface area (Å²) in [7, 11) is 4.30. The summed E-state index contributed by atoms with van der Waals surface area (Å²) >= 11 is 0. The minimum atomic E-state index is 0.776. The predicted octanol–water partition coefficient (Wildman–Crippen LogP) is 9.43. The minimum Gasteiger partial charge on any atom is -0.309 e. The molecule has 34 heavy (non-hydrogen) atoms. The molecule has 1 aliphatic rings. The van der Waals surface area contributed by atoms with Crippen LogP contribution in [0.15, 0.2) is 42.5 Å². The first kappa shape index (κ1) is 27.0. The average molecular weight is 462 g/mol. The molecule has 188 valence electrons. The van der Waals surface area contributed by atoms with E-state index in [0.717, 1.165) is 31.2 Å². The number of nitrogens with zero attached hydrogens (tertiary/aromatic N) is 1. The van der Waals surface area contributed by atoms with Crippen LogP contribution in [0.25, 0.3) is 11.1 Å². The van der Waals surface area contributed by atoms with Crippen LogP contribution < -0.4 is 0 Å². The molecular formula is C33H51N. The number of hydrogen-bond donors (Lipinski definition) is 0. The van der Waals surface area contributed by atoms with Gasteiger partial charge in [-0.05, 0) is 92.3 Å². The van der Waals surface area contributed by atoms with Crippen molar-refractivity contribution in [2.45, 2.75) is 110 Å². The molecule has 0 amide bonds. The smallest absolute Gasteiger partial charge is 0.00157 e. The van der Waals surface area contributed by atoms with Crippen molar-refractivity contribution in [3.63, 3.8) is 0 Å². The van der Waals surface area contributed by atoms with Gasteiger partial charge in [0.1, 0.15) is 0 Å². The highest BCUT2D eigenvalue weighted by Crippen LogP contribution is 2.38. The molecule has 1 aliphatic carbocycles. The summed E-state index contributed by atoms with van der Waals surface area (Å²) < 4.78 is 0. The summed E-state index contributed by atoms with van der Waals surface area (Å²) in [4.78, 5) is 2.27. The van der Waals surface area contributed by atoms with E-state index < -0.39 is 0 Å². The van der Waals surface area contributed by atoms with Gasteiger partial charge in [0.15, 0.2) is 0 Å². The first-order valence-electron chi connectivity index (χ1n) is 14.5. The van der Waals surface area contributed by atoms with Gasteiger partial charge in [-0.3, -0.25) is 0 Å². The van der Waals surface area contributed by atoms with Crippen LogP contribution >= 0.6 is 0 Å². The van der Waals surface area contributed by atoms with Crippen molar-refractivity contribution >= 4 is 0 Å². The summed E-state index contributed by atoms with van der Waals surface area (Å²) in [5.74, 6) is 1.77. The zero-order valence-electron chi connectivity index (χ0n) is 22.7. The van der Waals surface area contributed by atoms with E-state index in [2.05, 4.69) is 75.3 Å². The van der Waals surface area contributed by atoms with Crippen LogP contribution in [0.2, 0.25) is 0 Å². The molecule has 3 rings (SSSR count). The molecule has 0 bridgehead atoms. The summed E-state index contributed by atoms with van der Waals surface area (Å²) in [6.07, 6.45) is 19.4. The third-order valence-electron chi connectivity index (χ3n) is 8.15. The molecule has 0 heterocycles. The Hall–Kier alpha value is -1.60. The maximum absolute atomic E-state index is 2.43. The largest absolute Gasteiger partial charge is 0.309 e. The van der Waals surface area contributed by atoms with E-state index in [0.29, 0.717) is 0 Å². The predicted molar refractivity (Wildman–Crippen MR) is 151 cm³/mol. The van der Waals surface area contributed by atoms with Crippen LogP contribution in [0.3, 0.4) is 0 Å². The van der Waals surface area contributed by atoms with Crippen molar-refractivity contribution in [1.82, 2.24) is 4.90 Å². The lowest BCUT2D eigenvalue weighted by Crippen LogP contribution is -2.15. The number of likely N-dealkylation sites (N-methyl/N-ethyl adjacent to an activating group) is 1. The van der Waals surface area contributed by atoms with E-state index in [9.17, 15) is 0 Å². The van der Waals surface area contributed by atoms with Gasteiger partial charge in [-0.25, -0.2) is 0 Å². The van der Waals surface area contributed by atoms with Gasteiger partial charge in [-0.2, -0.15) is 0 Å². The van der Waals surface area contributed by atoms with Gasteiger partial charge >= 0.3 is 0 Å². The standard InChI is InChI=1S/C33H51N/c1-5-7-8-9-10-11-12-13-27-14-17-30(18-15-27)31-19-21-32(22-20-31)33-23-16-28(24-25-34(3)4)26-29(33)6-2/h16,19-23,26-27,30H,5-15,17-18,24-25H2,1-4H3. The molecule has 1 saturated carbocycles. The first-order chi connectivity index (χ1) is 16.6. The second-order valence-electron chi connectivity index (χ2n) is 11.1. The monoisotopic (exact) mass is 461 g/mol. The molecule has 0 spiro atoms. The van der Waals surface area contributed by atoms with Crippen LogP contribution in [0, 0.1) is 5.92 Å². The SMILES string of the molecule is CCCCCCCCCC1CCC(c2ccc(-c3ccc(CCN(C)C)cc3CC)cc2)CC1. The molecule has 0 atom stereocenters. The highest BCUT2D eigenvalue weighted by Gasteiger charge is 2.22. The number of hydrogen-bond acceptors (Lipinski definition) is 1. The van der Waals surface area contributed by atoms with Crippen molar-refractivity contribution in [2.24, 2.45) is 5.92 Å². The van der Waals surface area contributed by atoms with E-state index in [1.54, 1.807) is 5.56 Å². The Kier molecular flexibility index (Phi) is 11.7. The van der Waals surface area contributed by atoms with Gasteiger partial charge < -0.3 is 4.90 Å². The van der Waals surface area contributed by atoms with Crippen LogP contribution in [0.1, 0.15) is 114 Å². The lowest BCUT2D eigenvalue weighted by molar-refractivity contribution is 0.302. The van der Waals surface area contributed by atoms with E-state index in [1.165, 1.54) is 99.3 Å². The van der Waals surface area contributed by atoms with Gasteiger partial charge in [0.25, 0.3) is 0 Å². The molecule has 0 unspecified atom stereocenters. The fourth-order valence-electron chi connectivity index (χ4n) is 5.84. The third-order valence-corrected chi connectivity index (χ3v) is 8.15. The zero-order valence-corrected chi connectivity index (χ0v) is 22.7. The Morgan fingerprint density at radius 2 is 1.44 bits per heavy atom. The average Bonchev–Trinajstić information content (AvgIpc) is 2.87. The van der Waals surface area contributed by atoms with Crippen LogP contribution in [0.4, 0.5) is 0 Å². The highest BCUT2D eigenvalue weighted by molar-refractivity contribution is 5.68. The van der Waals surface area contributed by atoms with Crippen molar-refractivity contribution in [1.29, 1.82) is 0 Å². The Morgan fingerprint density at radius 1 is 0.765 bits per heavy atom. The molecule has 0 aromatic heterocycles. The summed E-state index contributed by atoms with van der Waals surface area (Å²) in [6.45, 7) is 5.70. The van der Waals surface area contributed by atoms with E-state index in [-0.39, 0.29) is 0 Å². The number of aryl methyl sites for hydroxylation is 1. The highest BCUT2D eigenvalue weighted by atomic mass is 15.0. The normalized spacial score (nSPS) is 18.5. The molecule has 1 fully saturated rings. The molecule has 0 N–H and O–H groups in total. The topological polar surface area (TPSA) is 3.24 Å². The Labute approximate surface area is 211 Å². The number of rotatable bonds is 14. The molecule has 0 radical (unpaired) electrons. The van der Waals surface area contributed by atoms with E-state index >= 15 is 0 Å². The number of benzene rings is 2. The van der Waals surface area contributed by atoms with E-state index in [4.69, 9.17) is 0 Å². The molecule has 2 aromatic carbocycles. The van der Waals surface area contributed by atoms with Crippen LogP contribution in [-0.4, -0.2) is 25.5 Å². The Bertz CT molecular complexity index is 811. The molecule has 2 aromatic rings. The fourth-order valence-corrected chi connectivity index (χ4v) is 5.84. The second-order valence-corrected chi connectivity index (χ2v) is 11.1. The first-order valence-corrected chi connectivity index (χ1v) is 14.5. The van der Waals surface area contributed by atoms with Gasteiger partial charge in [0.2, 0.25) is 0 Å². The van der Waals surface area contributed by atoms with Crippen molar-refractivity contribution in [3.05, 3.63) is 59.2 Å². The third kappa shape index (κ3) is 8.56. The van der Waals surface area contributed by atoms with Gasteiger partial charge in [0.05, 0.1) is 0 Å². The van der Waals surface area contributed by atoms with Gasteiger partial charge in [-0.15, -0.1) is 0 Å². The lowest BCUT2D eigenvalue weighted by Gasteiger charge is -2.29. The minimum absolute atomic E-state index is 0.776. The summed E-state index contributed by atoms with van der Waals surface area (Å²) in [5.41, 5.74) is 7.31. The Balaban J connectivity index is 1.47. The van der Waals surface area contributed by atoms with Crippen LogP contribution in [0.5, 0.6) is 0 Å². The van der Waals surface area contributed by atoms with E-state index in [1.807, 2.05) is 0 Å². The number of unbranched alkanes of at least 4 members (excludes halogenated alkanes) is 6. The fraction of sp³-hybridized carbons (Fsp3) is 0.636. The Morgan fingerprint density at radius 3 is 2.09 bits per heavy atom. The molecular weight excluding hydrogens is 410 g/mol. The van der Waals surface area contributed by atoms with Crippen molar-refractivity contribution in [2.75, 3.05) is 20.6 Å². The summed E-state index contributed by atoms with van der Waals surface area (Å²) in [6, 6.07) is 16.7. The quantitative estimate of drug-likeness (QED) is 0.253. The lowest BCUT2D eigenvalue weighted by atomic mass is 9.77. The molecule has 0 aliphatic heterocycles.